The molecule has 0 radical (unpaired) electrons. The van der Waals surface area contributed by atoms with Crippen LogP contribution in [-0.4, -0.2) is 57.9 Å². The molecule has 2 rings (SSSR count). The van der Waals surface area contributed by atoms with Gasteiger partial charge in [0.15, 0.2) is 0 Å². The number of nitrogens with zero attached hydrogens (tertiary/aromatic N) is 2. The Morgan fingerprint density at radius 2 is 1.73 bits per heavy atom. The molecule has 2 fully saturated rings. The first kappa shape index (κ1) is 18.4. The van der Waals surface area contributed by atoms with E-state index in [0.717, 1.165) is 31.3 Å². The molecule has 1 saturated heterocycles. The van der Waals surface area contributed by atoms with Crippen LogP contribution in [0.25, 0.3) is 0 Å². The molecule has 0 spiro atoms. The maximum atomic E-state index is 6.15. The van der Waals surface area contributed by atoms with Crippen LogP contribution in [-0.2, 0) is 8.85 Å². The molecule has 1 saturated carbocycles. The second-order valence-electron chi connectivity index (χ2n) is 7.28. The van der Waals surface area contributed by atoms with Crippen molar-refractivity contribution < 1.29 is 8.85 Å². The van der Waals surface area contributed by atoms with Crippen molar-refractivity contribution in [2.45, 2.75) is 65.3 Å². The Kier molecular flexibility index (Phi) is 6.89. The molecular formula is C17H36N2O2Si. The molecule has 0 N–H and O–H groups in total. The van der Waals surface area contributed by atoms with Gasteiger partial charge in [0.2, 0.25) is 0 Å². The topological polar surface area (TPSA) is 24.9 Å². The standard InChI is InChI=1S/C17H36N2O2Si/c1-6-12-19(15(2)3)22(20-4,21-5)18-13-11-16-9-7-8-10-17(16)14-18/h15-17H,6-14H2,1-5H3. The summed E-state index contributed by atoms with van der Waals surface area (Å²) in [5, 5.41) is 0. The van der Waals surface area contributed by atoms with E-state index in [-0.39, 0.29) is 0 Å². The summed E-state index contributed by atoms with van der Waals surface area (Å²) in [6.07, 6.45) is 8.15. The third-order valence-electron chi connectivity index (χ3n) is 5.67. The summed E-state index contributed by atoms with van der Waals surface area (Å²) in [7, 11) is 1.24. The molecule has 22 heavy (non-hydrogen) atoms. The molecule has 0 bridgehead atoms. The minimum Gasteiger partial charge on any atom is -0.374 e. The van der Waals surface area contributed by atoms with Crippen molar-refractivity contribution in [3.63, 3.8) is 0 Å². The molecule has 0 aromatic carbocycles. The monoisotopic (exact) mass is 328 g/mol. The van der Waals surface area contributed by atoms with Crippen LogP contribution in [0.15, 0.2) is 0 Å². The van der Waals surface area contributed by atoms with Crippen LogP contribution in [0.5, 0.6) is 0 Å². The Hall–Kier alpha value is 0.0569. The zero-order valence-corrected chi connectivity index (χ0v) is 16.3. The zero-order chi connectivity index (χ0) is 16.2. The first-order chi connectivity index (χ1) is 10.6. The molecule has 1 heterocycles. The molecule has 0 aromatic heterocycles. The fraction of sp³-hybridized carbons (Fsp3) is 1.00. The summed E-state index contributed by atoms with van der Waals surface area (Å²) >= 11 is 0. The Balaban J connectivity index is 2.18. The highest BCUT2D eigenvalue weighted by molar-refractivity contribution is 6.61. The van der Waals surface area contributed by atoms with E-state index in [0.29, 0.717) is 6.04 Å². The lowest BCUT2D eigenvalue weighted by atomic mass is 9.76. The fourth-order valence-electron chi connectivity index (χ4n) is 4.58. The van der Waals surface area contributed by atoms with E-state index in [1.54, 1.807) is 0 Å². The van der Waals surface area contributed by atoms with Crippen LogP contribution in [0.4, 0.5) is 0 Å². The maximum absolute atomic E-state index is 6.15. The van der Waals surface area contributed by atoms with Gasteiger partial charge in [-0.25, -0.2) is 0 Å². The Morgan fingerprint density at radius 3 is 2.27 bits per heavy atom. The van der Waals surface area contributed by atoms with E-state index >= 15 is 0 Å². The zero-order valence-electron chi connectivity index (χ0n) is 15.3. The third kappa shape index (κ3) is 3.59. The van der Waals surface area contributed by atoms with E-state index in [4.69, 9.17) is 8.85 Å². The molecule has 2 atom stereocenters. The highest BCUT2D eigenvalue weighted by Crippen LogP contribution is 2.38. The molecule has 4 nitrogen and oxygen atoms in total. The van der Waals surface area contributed by atoms with Gasteiger partial charge in [0.25, 0.3) is 0 Å². The minimum absolute atomic E-state index is 0.454. The quantitative estimate of drug-likeness (QED) is 0.669. The number of fused-ring (bicyclic) bond motifs is 1. The van der Waals surface area contributed by atoms with Crippen LogP contribution in [0, 0.1) is 11.8 Å². The van der Waals surface area contributed by atoms with Crippen molar-refractivity contribution in [1.29, 1.82) is 0 Å². The molecular weight excluding hydrogens is 292 g/mol. The lowest BCUT2D eigenvalue weighted by molar-refractivity contribution is 0.0383. The van der Waals surface area contributed by atoms with Crippen molar-refractivity contribution in [2.75, 3.05) is 33.9 Å². The highest BCUT2D eigenvalue weighted by atomic mass is 28.4. The normalized spacial score (nSPS) is 27.4. The first-order valence-corrected chi connectivity index (χ1v) is 10.9. The van der Waals surface area contributed by atoms with Crippen LogP contribution >= 0.6 is 0 Å². The van der Waals surface area contributed by atoms with Gasteiger partial charge in [0.1, 0.15) is 0 Å². The highest BCUT2D eigenvalue weighted by Gasteiger charge is 2.53. The number of rotatable bonds is 7. The molecule has 1 aliphatic heterocycles. The number of hydrogen-bond acceptors (Lipinski definition) is 4. The Labute approximate surface area is 138 Å². The summed E-state index contributed by atoms with van der Waals surface area (Å²) in [5.74, 6) is 1.81. The van der Waals surface area contributed by atoms with Gasteiger partial charge in [-0.15, -0.1) is 0 Å². The van der Waals surface area contributed by atoms with E-state index in [1.165, 1.54) is 38.6 Å². The lowest BCUT2D eigenvalue weighted by Gasteiger charge is -2.51. The third-order valence-corrected chi connectivity index (χ3v) is 9.41. The second kappa shape index (κ2) is 8.24. The summed E-state index contributed by atoms with van der Waals surface area (Å²) in [4.78, 5) is 0. The average molecular weight is 329 g/mol. The van der Waals surface area contributed by atoms with Gasteiger partial charge in [-0.1, -0.05) is 40.0 Å². The molecule has 1 aliphatic carbocycles. The molecule has 0 amide bonds. The Bertz CT molecular complexity index is 337. The second-order valence-corrected chi connectivity index (χ2v) is 10.4. The van der Waals surface area contributed by atoms with Gasteiger partial charge in [-0.05, 0) is 50.7 Å². The van der Waals surface area contributed by atoms with Crippen LogP contribution in [0.1, 0.15) is 59.3 Å². The van der Waals surface area contributed by atoms with Gasteiger partial charge >= 0.3 is 8.88 Å². The average Bonchev–Trinajstić information content (AvgIpc) is 2.55. The smallest absolute Gasteiger partial charge is 0.374 e. The summed E-state index contributed by atoms with van der Waals surface area (Å²) in [6.45, 7) is 10.1. The number of piperidine rings is 1. The largest absolute Gasteiger partial charge is 0.522 e. The van der Waals surface area contributed by atoms with E-state index in [1.807, 2.05) is 14.2 Å². The fourth-order valence-corrected chi connectivity index (χ4v) is 8.13. The molecule has 2 aliphatic rings. The van der Waals surface area contributed by atoms with Crippen molar-refractivity contribution in [1.82, 2.24) is 9.13 Å². The van der Waals surface area contributed by atoms with Gasteiger partial charge in [-0.3, -0.25) is 9.13 Å². The van der Waals surface area contributed by atoms with Crippen LogP contribution in [0.3, 0.4) is 0 Å². The van der Waals surface area contributed by atoms with E-state index < -0.39 is 8.88 Å². The number of hydrogen-bond donors (Lipinski definition) is 0. The van der Waals surface area contributed by atoms with Gasteiger partial charge in [0, 0.05) is 20.3 Å². The van der Waals surface area contributed by atoms with Gasteiger partial charge in [-0.2, -0.15) is 0 Å². The molecule has 5 heteroatoms. The van der Waals surface area contributed by atoms with E-state index in [9.17, 15) is 0 Å². The first-order valence-electron chi connectivity index (χ1n) is 9.21. The van der Waals surface area contributed by atoms with Gasteiger partial charge < -0.3 is 8.85 Å². The minimum atomic E-state index is -2.47. The van der Waals surface area contributed by atoms with Crippen molar-refractivity contribution in [3.05, 3.63) is 0 Å². The molecule has 0 aromatic rings. The van der Waals surface area contributed by atoms with Crippen molar-refractivity contribution >= 4 is 8.88 Å². The summed E-state index contributed by atoms with van der Waals surface area (Å²) < 4.78 is 17.4. The predicted octanol–water partition coefficient (Wildman–Crippen LogP) is 3.35. The van der Waals surface area contributed by atoms with Gasteiger partial charge in [0.05, 0.1) is 0 Å². The SMILES string of the molecule is CCCN(C(C)C)[Si](OC)(OC)N1CCC2CCCCC2C1. The van der Waals surface area contributed by atoms with Crippen molar-refractivity contribution in [3.8, 4) is 0 Å². The maximum Gasteiger partial charge on any atom is 0.522 e. The van der Waals surface area contributed by atoms with Crippen molar-refractivity contribution in [2.24, 2.45) is 11.8 Å². The van der Waals surface area contributed by atoms with Crippen LogP contribution < -0.4 is 0 Å². The molecule has 2 unspecified atom stereocenters. The lowest BCUT2D eigenvalue weighted by Crippen LogP contribution is -2.72. The van der Waals surface area contributed by atoms with Crippen LogP contribution in [0.2, 0.25) is 0 Å². The summed E-state index contributed by atoms with van der Waals surface area (Å²) in [6, 6.07) is 0.454. The van der Waals surface area contributed by atoms with E-state index in [2.05, 4.69) is 29.9 Å². The Morgan fingerprint density at radius 1 is 1.09 bits per heavy atom. The predicted molar refractivity (Wildman–Crippen MR) is 93.5 cm³/mol. The molecule has 130 valence electrons. The summed E-state index contributed by atoms with van der Waals surface area (Å²) in [5.41, 5.74) is 0.